The second-order valence-electron chi connectivity index (χ2n) is 1.56. The molecule has 3 heteroatoms. The molecule has 44 valence electrons. The van der Waals surface area contributed by atoms with Crippen molar-refractivity contribution in [1.82, 2.24) is 0 Å². The summed E-state index contributed by atoms with van der Waals surface area (Å²) in [5, 5.41) is 0. The molecule has 1 unspecified atom stereocenters. The van der Waals surface area contributed by atoms with Crippen LogP contribution in [0.15, 0.2) is 4.99 Å². The van der Waals surface area contributed by atoms with Crippen LogP contribution in [0.2, 0.25) is 0 Å². The molecule has 0 N–H and O–H groups in total. The molecule has 0 fully saturated rings. The van der Waals surface area contributed by atoms with Crippen molar-refractivity contribution in [3.8, 4) is 0 Å². The van der Waals surface area contributed by atoms with Crippen molar-refractivity contribution in [2.75, 3.05) is 0 Å². The molecular weight excluding hydrogens is 106 g/mol. The Kier molecular flexibility index (Phi) is 1.28. The van der Waals surface area contributed by atoms with Crippen LogP contribution in [0.4, 0.5) is 0 Å². The minimum atomic E-state index is -0.352. The van der Waals surface area contributed by atoms with Gasteiger partial charge in [0.05, 0.1) is 6.10 Å². The molecule has 1 aliphatic heterocycles. The summed E-state index contributed by atoms with van der Waals surface area (Å²) in [6.07, 6.45) is 2.47. The largest absolute Gasteiger partial charge is 0.578 e. The highest BCUT2D eigenvalue weighted by atomic mass is 16.5. The monoisotopic (exact) mass is 112 g/mol. The zero-order valence-corrected chi connectivity index (χ0v) is 4.55. The zero-order valence-electron chi connectivity index (χ0n) is 4.55. The van der Waals surface area contributed by atoms with E-state index in [0.29, 0.717) is 6.42 Å². The number of hydrogen-bond donors (Lipinski definition) is 0. The van der Waals surface area contributed by atoms with Gasteiger partial charge in [0.15, 0.2) is 0 Å². The molecule has 0 aromatic carbocycles. The lowest BCUT2D eigenvalue weighted by molar-refractivity contribution is -0.122. The summed E-state index contributed by atoms with van der Waals surface area (Å²) in [4.78, 5) is 13.7. The van der Waals surface area contributed by atoms with Crippen molar-refractivity contribution in [3.05, 3.63) is 0 Å². The quantitative estimate of drug-likeness (QED) is 0.455. The fourth-order valence-corrected chi connectivity index (χ4v) is 0.515. The molecular formula is C5H6NO2-. The maximum absolute atomic E-state index is 10.5. The molecule has 0 radical (unpaired) electrons. The second kappa shape index (κ2) is 1.94. The first kappa shape index (κ1) is 5.28. The summed E-state index contributed by atoms with van der Waals surface area (Å²) in [7, 11) is 0. The van der Waals surface area contributed by atoms with Gasteiger partial charge in [-0.1, -0.05) is 6.92 Å². The first-order valence-electron chi connectivity index (χ1n) is 2.50. The van der Waals surface area contributed by atoms with E-state index in [0.717, 1.165) is 0 Å². The van der Waals surface area contributed by atoms with Gasteiger partial charge in [0.2, 0.25) is 0 Å². The van der Waals surface area contributed by atoms with E-state index in [1.165, 1.54) is 0 Å². The van der Waals surface area contributed by atoms with Crippen molar-refractivity contribution in [3.63, 3.8) is 0 Å². The Morgan fingerprint density at radius 3 is 3.00 bits per heavy atom. The van der Waals surface area contributed by atoms with Crippen LogP contribution in [0, 0.1) is 0 Å². The van der Waals surface area contributed by atoms with Gasteiger partial charge < -0.3 is 14.5 Å². The summed E-state index contributed by atoms with van der Waals surface area (Å²) in [5.74, 6) is -0.215. The molecule has 1 atom stereocenters. The minimum absolute atomic E-state index is 0.215. The van der Waals surface area contributed by atoms with E-state index < -0.39 is 0 Å². The third-order valence-electron chi connectivity index (χ3n) is 0.997. The van der Waals surface area contributed by atoms with E-state index in [4.69, 9.17) is 0 Å². The lowest BCUT2D eigenvalue weighted by Crippen LogP contribution is -2.13. The molecule has 0 saturated carbocycles. The Labute approximate surface area is 47.4 Å². The fourth-order valence-electron chi connectivity index (χ4n) is 0.515. The van der Waals surface area contributed by atoms with Gasteiger partial charge in [-0.25, -0.2) is 0 Å². The van der Waals surface area contributed by atoms with Crippen molar-refractivity contribution >= 4 is 12.3 Å². The van der Waals surface area contributed by atoms with Crippen LogP contribution in [-0.4, -0.2) is 18.4 Å². The van der Waals surface area contributed by atoms with E-state index in [9.17, 15) is 4.79 Å². The number of ether oxygens (including phenoxy) is 1. The number of rotatable bonds is 1. The molecule has 3 nitrogen and oxygen atoms in total. The van der Waals surface area contributed by atoms with Gasteiger partial charge in [0.25, 0.3) is 0 Å². The van der Waals surface area contributed by atoms with E-state index in [2.05, 4.69) is 16.1 Å². The third kappa shape index (κ3) is 0.710. The van der Waals surface area contributed by atoms with Gasteiger partial charge in [-0.05, 0) is 6.42 Å². The Balaban J connectivity index is 2.51. The molecule has 0 saturated heterocycles. The number of amides is 1. The number of aliphatic imine (C=N–C) groups is 1. The van der Waals surface area contributed by atoms with Crippen LogP contribution in [0.5, 0.6) is 0 Å². The van der Waals surface area contributed by atoms with Crippen molar-refractivity contribution in [2.45, 2.75) is 19.4 Å². The molecule has 1 rings (SSSR count). The van der Waals surface area contributed by atoms with Crippen LogP contribution in [0.1, 0.15) is 13.3 Å². The maximum atomic E-state index is 10.5. The molecule has 0 aromatic heterocycles. The predicted octanol–water partition coefficient (Wildman–Crippen LogP) is 0.227. The number of hydrogen-bond acceptors (Lipinski definition) is 2. The number of nitrogens with zero attached hydrogens (tertiary/aromatic N) is 1. The summed E-state index contributed by atoms with van der Waals surface area (Å²) >= 11 is 0. The van der Waals surface area contributed by atoms with Gasteiger partial charge in [-0.2, -0.15) is 0 Å². The van der Waals surface area contributed by atoms with E-state index >= 15 is 0 Å². The Morgan fingerprint density at radius 1 is 2.00 bits per heavy atom. The van der Waals surface area contributed by atoms with Crippen molar-refractivity contribution in [2.24, 2.45) is 4.99 Å². The third-order valence-corrected chi connectivity index (χ3v) is 0.997. The first-order valence-corrected chi connectivity index (χ1v) is 2.50. The smallest absolute Gasteiger partial charge is 0.127 e. The highest BCUT2D eigenvalue weighted by molar-refractivity contribution is 5.91. The summed E-state index contributed by atoms with van der Waals surface area (Å²) < 4.78 is 4.65. The SMILES string of the molecule is CCC1O[C-]=NC1=O. The normalized spacial score (nSPS) is 26.1. The van der Waals surface area contributed by atoms with Gasteiger partial charge in [0, 0.05) is 6.40 Å². The van der Waals surface area contributed by atoms with Crippen molar-refractivity contribution in [1.29, 1.82) is 0 Å². The van der Waals surface area contributed by atoms with E-state index in [1.807, 2.05) is 6.92 Å². The molecule has 1 amide bonds. The Morgan fingerprint density at radius 2 is 2.75 bits per heavy atom. The first-order chi connectivity index (χ1) is 3.84. The van der Waals surface area contributed by atoms with Gasteiger partial charge in [-0.15, -0.1) is 0 Å². The molecule has 8 heavy (non-hydrogen) atoms. The standard InChI is InChI=1S/C5H6NO2/c1-2-4-5(7)6-3-8-4/h4H,2H2,1H3/q-1. The van der Waals surface area contributed by atoms with E-state index in [-0.39, 0.29) is 12.0 Å². The summed E-state index contributed by atoms with van der Waals surface area (Å²) in [6, 6.07) is 0. The summed E-state index contributed by atoms with van der Waals surface area (Å²) in [6.45, 7) is 1.87. The van der Waals surface area contributed by atoms with Crippen LogP contribution in [0.25, 0.3) is 0 Å². The second-order valence-corrected chi connectivity index (χ2v) is 1.56. The zero-order chi connectivity index (χ0) is 5.98. The van der Waals surface area contributed by atoms with Gasteiger partial charge >= 0.3 is 0 Å². The molecule has 0 bridgehead atoms. The average molecular weight is 112 g/mol. The van der Waals surface area contributed by atoms with E-state index in [1.54, 1.807) is 0 Å². The molecule has 1 aliphatic rings. The Bertz CT molecular complexity index is 130. The van der Waals surface area contributed by atoms with Gasteiger partial charge in [-0.3, -0.25) is 0 Å². The number of carbonyl (C=O) groups excluding carboxylic acids is 1. The maximum Gasteiger partial charge on any atom is 0.127 e. The minimum Gasteiger partial charge on any atom is -0.578 e. The number of carbonyl (C=O) groups is 1. The topological polar surface area (TPSA) is 38.7 Å². The average Bonchev–Trinajstić information content (AvgIpc) is 2.14. The van der Waals surface area contributed by atoms with Gasteiger partial charge in [0.1, 0.15) is 5.91 Å². The summed E-state index contributed by atoms with van der Waals surface area (Å²) in [5.41, 5.74) is 0. The lowest BCUT2D eigenvalue weighted by atomic mass is 10.3. The fraction of sp³-hybridized carbons (Fsp3) is 0.600. The molecule has 0 aliphatic carbocycles. The highest BCUT2D eigenvalue weighted by Gasteiger charge is 2.08. The van der Waals surface area contributed by atoms with Crippen LogP contribution < -0.4 is 0 Å². The van der Waals surface area contributed by atoms with Crippen LogP contribution in [-0.2, 0) is 9.53 Å². The van der Waals surface area contributed by atoms with Crippen LogP contribution in [0.3, 0.4) is 0 Å². The molecule has 1 heterocycles. The van der Waals surface area contributed by atoms with Crippen LogP contribution >= 0.6 is 0 Å². The predicted molar refractivity (Wildman–Crippen MR) is 27.6 cm³/mol. The lowest BCUT2D eigenvalue weighted by Gasteiger charge is -2.08. The Hall–Kier alpha value is -0.860. The van der Waals surface area contributed by atoms with Crippen molar-refractivity contribution < 1.29 is 9.53 Å². The molecule has 0 aromatic rings. The highest BCUT2D eigenvalue weighted by Crippen LogP contribution is 2.03. The molecule has 0 spiro atoms.